The second-order valence-electron chi connectivity index (χ2n) is 11.9. The minimum atomic E-state index is -0.377. The third-order valence-electron chi connectivity index (χ3n) is 8.77. The molecule has 0 radical (unpaired) electrons. The van der Waals surface area contributed by atoms with Gasteiger partial charge in [-0.05, 0) is 86.6 Å². The highest BCUT2D eigenvalue weighted by Gasteiger charge is 2.31. The molecule has 1 saturated heterocycles. The first-order valence-electron chi connectivity index (χ1n) is 15.2. The first-order valence-corrected chi connectivity index (χ1v) is 16.1. The summed E-state index contributed by atoms with van der Waals surface area (Å²) in [6, 6.07) is 10.7. The fourth-order valence-corrected chi connectivity index (χ4v) is 7.58. The van der Waals surface area contributed by atoms with Gasteiger partial charge in [0.05, 0.1) is 22.6 Å². The fraction of sp³-hybridized carbons (Fsp3) is 0.394. The molecule has 2 amide bonds. The molecule has 1 unspecified atom stereocenters. The number of aryl methyl sites for hydroxylation is 1. The maximum atomic E-state index is 13.2. The van der Waals surface area contributed by atoms with E-state index in [-0.39, 0.29) is 40.2 Å². The average molecular weight is 615 g/mol. The van der Waals surface area contributed by atoms with Crippen LogP contribution in [0.3, 0.4) is 0 Å². The molecular weight excluding hydrogens is 576 g/mol. The molecule has 3 heterocycles. The fourth-order valence-electron chi connectivity index (χ4n) is 6.17. The zero-order valence-corrected chi connectivity index (χ0v) is 25.9. The number of likely N-dealkylation sites (tertiary alicyclic amines) is 1. The smallest absolute Gasteiger partial charge is 0.293 e. The van der Waals surface area contributed by atoms with E-state index in [0.29, 0.717) is 42.9 Å². The zero-order chi connectivity index (χ0) is 31.0. The van der Waals surface area contributed by atoms with Gasteiger partial charge in [0.1, 0.15) is 0 Å². The molecule has 0 saturated carbocycles. The summed E-state index contributed by atoms with van der Waals surface area (Å²) < 4.78 is 1.47. The number of aliphatic hydroxyl groups is 1. The molecule has 3 aromatic rings. The SMILES string of the molecule is Cc1c(NC(=O)C2CC3=C(CCCC3)S2)cccc1-c1cn(C)c(=O)c(Nc2ccc(C(=O)N3CCC(O)CC3)c(N)c2)n1. The van der Waals surface area contributed by atoms with E-state index in [1.165, 1.54) is 27.9 Å². The van der Waals surface area contributed by atoms with Gasteiger partial charge in [0.2, 0.25) is 5.91 Å². The number of nitrogens with one attached hydrogen (secondary N) is 2. The van der Waals surface area contributed by atoms with E-state index < -0.39 is 0 Å². The van der Waals surface area contributed by atoms with Crippen LogP contribution in [0.2, 0.25) is 0 Å². The molecule has 5 N–H and O–H groups in total. The van der Waals surface area contributed by atoms with Gasteiger partial charge in [-0.3, -0.25) is 14.4 Å². The van der Waals surface area contributed by atoms with Crippen LogP contribution in [0.4, 0.5) is 22.9 Å². The van der Waals surface area contributed by atoms with Crippen molar-refractivity contribution >= 4 is 46.5 Å². The van der Waals surface area contributed by atoms with Gasteiger partial charge in [0, 0.05) is 49.0 Å². The number of amides is 2. The number of hydrogen-bond acceptors (Lipinski definition) is 8. The zero-order valence-electron chi connectivity index (χ0n) is 25.1. The van der Waals surface area contributed by atoms with E-state index in [0.717, 1.165) is 36.1 Å². The molecule has 2 aromatic carbocycles. The Bertz CT molecular complexity index is 1690. The van der Waals surface area contributed by atoms with Gasteiger partial charge in [-0.2, -0.15) is 0 Å². The summed E-state index contributed by atoms with van der Waals surface area (Å²) in [5, 5.41) is 15.9. The highest BCUT2D eigenvalue weighted by molar-refractivity contribution is 8.04. The summed E-state index contributed by atoms with van der Waals surface area (Å²) in [5.74, 6) is -0.0546. The number of aliphatic hydroxyl groups excluding tert-OH is 1. The van der Waals surface area contributed by atoms with E-state index in [1.807, 2.05) is 25.1 Å². The minimum Gasteiger partial charge on any atom is -0.398 e. The van der Waals surface area contributed by atoms with Crippen molar-refractivity contribution in [3.63, 3.8) is 0 Å². The van der Waals surface area contributed by atoms with Crippen LogP contribution in [0.15, 0.2) is 57.9 Å². The molecule has 1 aromatic heterocycles. The van der Waals surface area contributed by atoms with Crippen LogP contribution in [-0.4, -0.2) is 55.8 Å². The maximum Gasteiger partial charge on any atom is 0.293 e. The summed E-state index contributed by atoms with van der Waals surface area (Å²) >= 11 is 1.72. The van der Waals surface area contributed by atoms with Gasteiger partial charge in [0.15, 0.2) is 5.82 Å². The molecule has 0 spiro atoms. The Balaban J connectivity index is 1.20. The van der Waals surface area contributed by atoms with Crippen LogP contribution in [0.5, 0.6) is 0 Å². The van der Waals surface area contributed by atoms with Gasteiger partial charge in [0.25, 0.3) is 11.5 Å². The third kappa shape index (κ3) is 6.11. The monoisotopic (exact) mass is 614 g/mol. The summed E-state index contributed by atoms with van der Waals surface area (Å²) in [4.78, 5) is 47.1. The second kappa shape index (κ2) is 12.5. The lowest BCUT2D eigenvalue weighted by Crippen LogP contribution is -2.40. The van der Waals surface area contributed by atoms with Crippen LogP contribution < -0.4 is 21.9 Å². The standard InChI is InChI=1S/C33H38N6O4S/c1-19-23(7-5-8-26(19)37-31(41)29-16-20-6-3-4-9-28(20)44-29)27-18-38(2)33(43)30(36-27)35-21-10-11-24(25(34)17-21)32(42)39-14-12-22(40)13-15-39/h5,7-8,10-11,17-18,22,29,40H,3-4,6,9,12-16,34H2,1-2H3,(H,35,36)(H,37,41). The number of carbonyl (C=O) groups excluding carboxylic acids is 2. The number of allylic oxidation sites excluding steroid dienone is 2. The average Bonchev–Trinajstić information content (AvgIpc) is 3.45. The Kier molecular flexibility index (Phi) is 8.50. The predicted octanol–water partition coefficient (Wildman–Crippen LogP) is 4.95. The largest absolute Gasteiger partial charge is 0.398 e. The van der Waals surface area contributed by atoms with E-state index in [4.69, 9.17) is 5.73 Å². The molecule has 3 aliphatic rings. The molecule has 2 aliphatic heterocycles. The lowest BCUT2D eigenvalue weighted by atomic mass is 9.96. The Morgan fingerprint density at radius 3 is 2.64 bits per heavy atom. The first-order chi connectivity index (χ1) is 21.2. The number of thioether (sulfide) groups is 1. The maximum absolute atomic E-state index is 13.2. The number of hydrogen-bond donors (Lipinski definition) is 4. The summed E-state index contributed by atoms with van der Waals surface area (Å²) in [7, 11) is 1.66. The lowest BCUT2D eigenvalue weighted by molar-refractivity contribution is -0.115. The van der Waals surface area contributed by atoms with Crippen LogP contribution >= 0.6 is 11.8 Å². The van der Waals surface area contributed by atoms with Crippen molar-refractivity contribution < 1.29 is 14.7 Å². The number of anilines is 4. The summed E-state index contributed by atoms with van der Waals surface area (Å²) in [6.07, 6.45) is 7.82. The Morgan fingerprint density at radius 1 is 1.11 bits per heavy atom. The van der Waals surface area contributed by atoms with E-state index in [9.17, 15) is 19.5 Å². The lowest BCUT2D eigenvalue weighted by Gasteiger charge is -2.30. The van der Waals surface area contributed by atoms with Crippen molar-refractivity contribution in [2.75, 3.05) is 29.5 Å². The third-order valence-corrected chi connectivity index (χ3v) is 10.2. The minimum absolute atomic E-state index is 0.0119. The molecule has 11 heteroatoms. The second-order valence-corrected chi connectivity index (χ2v) is 13.2. The molecule has 44 heavy (non-hydrogen) atoms. The highest BCUT2D eigenvalue weighted by Crippen LogP contribution is 2.45. The molecule has 6 rings (SSSR count). The number of nitrogens with two attached hydrogens (primary N) is 1. The van der Waals surface area contributed by atoms with Crippen molar-refractivity contribution in [1.82, 2.24) is 14.5 Å². The van der Waals surface area contributed by atoms with Gasteiger partial charge in [-0.1, -0.05) is 17.7 Å². The molecule has 1 atom stereocenters. The van der Waals surface area contributed by atoms with Crippen LogP contribution in [0.1, 0.15) is 60.9 Å². The number of rotatable bonds is 6. The topological polar surface area (TPSA) is 143 Å². The normalized spacial score (nSPS) is 18.7. The van der Waals surface area contributed by atoms with Crippen molar-refractivity contribution in [2.45, 2.75) is 63.2 Å². The number of piperidine rings is 1. The van der Waals surface area contributed by atoms with Gasteiger partial charge in [-0.25, -0.2) is 4.98 Å². The summed E-state index contributed by atoms with van der Waals surface area (Å²) in [6.45, 7) is 2.90. The van der Waals surface area contributed by atoms with Crippen molar-refractivity contribution in [3.8, 4) is 11.3 Å². The van der Waals surface area contributed by atoms with Crippen LogP contribution in [-0.2, 0) is 11.8 Å². The van der Waals surface area contributed by atoms with E-state index >= 15 is 0 Å². The molecule has 0 bridgehead atoms. The highest BCUT2D eigenvalue weighted by atomic mass is 32.2. The summed E-state index contributed by atoms with van der Waals surface area (Å²) in [5.41, 5.74) is 11.5. The molecule has 1 aliphatic carbocycles. The molecular formula is C33H38N6O4S. The van der Waals surface area contributed by atoms with Gasteiger partial charge < -0.3 is 30.9 Å². The molecule has 230 valence electrons. The van der Waals surface area contributed by atoms with Crippen LogP contribution in [0, 0.1) is 6.92 Å². The number of nitrogens with zero attached hydrogens (tertiary/aromatic N) is 3. The number of benzene rings is 2. The van der Waals surface area contributed by atoms with E-state index in [1.54, 1.807) is 48.1 Å². The van der Waals surface area contributed by atoms with Crippen molar-refractivity contribution in [2.24, 2.45) is 7.05 Å². The Hall–Kier alpha value is -4.09. The Morgan fingerprint density at radius 2 is 1.89 bits per heavy atom. The molecule has 10 nitrogen and oxygen atoms in total. The quantitative estimate of drug-likeness (QED) is 0.286. The number of nitrogen functional groups attached to an aromatic ring is 1. The first kappa shape index (κ1) is 30.0. The van der Waals surface area contributed by atoms with Gasteiger partial charge in [-0.15, -0.1) is 11.8 Å². The predicted molar refractivity (Wildman–Crippen MR) is 175 cm³/mol. The van der Waals surface area contributed by atoms with Gasteiger partial charge >= 0.3 is 0 Å². The molecule has 1 fully saturated rings. The van der Waals surface area contributed by atoms with Crippen molar-refractivity contribution in [1.29, 1.82) is 0 Å². The number of aromatic nitrogens is 2. The number of carbonyl (C=O) groups is 2. The van der Waals surface area contributed by atoms with Crippen molar-refractivity contribution in [3.05, 3.63) is 74.6 Å². The Labute approximate surface area is 260 Å². The van der Waals surface area contributed by atoms with E-state index in [2.05, 4.69) is 15.6 Å². The van der Waals surface area contributed by atoms with Crippen LogP contribution in [0.25, 0.3) is 11.3 Å².